The second-order valence-electron chi connectivity index (χ2n) is 7.50. The predicted octanol–water partition coefficient (Wildman–Crippen LogP) is 1.96. The van der Waals surface area contributed by atoms with Gasteiger partial charge in [0.2, 0.25) is 5.91 Å². The van der Waals surface area contributed by atoms with E-state index in [1.54, 1.807) is 22.9 Å². The Hall–Kier alpha value is -3.09. The third kappa shape index (κ3) is 5.95. The van der Waals surface area contributed by atoms with Gasteiger partial charge in [0, 0.05) is 44.4 Å². The van der Waals surface area contributed by atoms with Crippen LogP contribution in [0.4, 0.5) is 0 Å². The number of nitrogens with one attached hydrogen (secondary N) is 2. The molecule has 0 saturated carbocycles. The van der Waals surface area contributed by atoms with Crippen LogP contribution in [-0.2, 0) is 17.9 Å². The molecular weight excluding hydrogens is 378 g/mol. The quantitative estimate of drug-likeness (QED) is 0.541. The number of rotatable bonds is 7. The molecule has 1 aliphatic heterocycles. The summed E-state index contributed by atoms with van der Waals surface area (Å²) in [6.45, 7) is 7.37. The van der Waals surface area contributed by atoms with E-state index in [2.05, 4.69) is 10.6 Å². The molecule has 1 aromatic heterocycles. The molecule has 0 radical (unpaired) electrons. The largest absolute Gasteiger partial charge is 0.357 e. The van der Waals surface area contributed by atoms with Crippen molar-refractivity contribution in [3.8, 4) is 0 Å². The number of hydrogen-bond acceptors (Lipinski definition) is 3. The van der Waals surface area contributed by atoms with Crippen LogP contribution in [0.25, 0.3) is 0 Å². The summed E-state index contributed by atoms with van der Waals surface area (Å²) in [6, 6.07) is 13.6. The summed E-state index contributed by atoms with van der Waals surface area (Å²) >= 11 is 0. The van der Waals surface area contributed by atoms with Crippen LogP contribution in [0, 0.1) is 0 Å². The van der Waals surface area contributed by atoms with Crippen LogP contribution < -0.4 is 16.2 Å². The third-order valence-corrected chi connectivity index (χ3v) is 5.22. The zero-order valence-corrected chi connectivity index (χ0v) is 17.8. The van der Waals surface area contributed by atoms with E-state index in [-0.39, 0.29) is 17.5 Å². The van der Waals surface area contributed by atoms with Gasteiger partial charge < -0.3 is 20.1 Å². The number of aromatic nitrogens is 1. The van der Waals surface area contributed by atoms with Crippen molar-refractivity contribution in [1.82, 2.24) is 20.1 Å². The molecule has 0 bridgehead atoms. The molecule has 0 aliphatic carbocycles. The molecule has 2 N–H and O–H groups in total. The first-order chi connectivity index (χ1) is 14.6. The molecule has 1 unspecified atom stereocenters. The van der Waals surface area contributed by atoms with Gasteiger partial charge in [0.15, 0.2) is 5.96 Å². The van der Waals surface area contributed by atoms with Gasteiger partial charge in [0.25, 0.3) is 5.56 Å². The molecule has 3 rings (SSSR count). The van der Waals surface area contributed by atoms with Crippen molar-refractivity contribution in [2.75, 3.05) is 19.6 Å². The molecule has 2 heterocycles. The number of aliphatic imine (C=N–C) groups is 1. The van der Waals surface area contributed by atoms with Gasteiger partial charge in [-0.3, -0.25) is 9.59 Å². The van der Waals surface area contributed by atoms with E-state index in [1.165, 1.54) is 0 Å². The molecule has 7 heteroatoms. The van der Waals surface area contributed by atoms with Gasteiger partial charge in [-0.15, -0.1) is 0 Å². The SMILES string of the molecule is CCNC(=NCc1ccc(Cn2ccccc2=O)cc1)NC1CCN(C(=O)CC)C1. The average molecular weight is 410 g/mol. The third-order valence-electron chi connectivity index (χ3n) is 5.22. The number of hydrogen-bond donors (Lipinski definition) is 2. The topological polar surface area (TPSA) is 78.7 Å². The van der Waals surface area contributed by atoms with Crippen LogP contribution in [0.5, 0.6) is 0 Å². The van der Waals surface area contributed by atoms with Crippen LogP contribution in [0.2, 0.25) is 0 Å². The van der Waals surface area contributed by atoms with Crippen molar-refractivity contribution < 1.29 is 4.79 Å². The number of guanidine groups is 1. The number of carbonyl (C=O) groups is 1. The average Bonchev–Trinajstić information content (AvgIpc) is 3.23. The van der Waals surface area contributed by atoms with E-state index in [1.807, 2.05) is 49.1 Å². The maximum absolute atomic E-state index is 11.9. The second kappa shape index (κ2) is 10.6. The van der Waals surface area contributed by atoms with Crippen molar-refractivity contribution in [3.63, 3.8) is 0 Å². The van der Waals surface area contributed by atoms with Gasteiger partial charge in [-0.1, -0.05) is 37.3 Å². The number of likely N-dealkylation sites (tertiary alicyclic amines) is 1. The van der Waals surface area contributed by atoms with Gasteiger partial charge in [0.05, 0.1) is 13.1 Å². The molecular formula is C23H31N5O2. The molecule has 1 saturated heterocycles. The number of nitrogens with zero attached hydrogens (tertiary/aromatic N) is 3. The van der Waals surface area contributed by atoms with Gasteiger partial charge in [-0.2, -0.15) is 0 Å². The summed E-state index contributed by atoms with van der Waals surface area (Å²) in [4.78, 5) is 30.3. The zero-order chi connectivity index (χ0) is 21.3. The van der Waals surface area contributed by atoms with Crippen LogP contribution in [0.3, 0.4) is 0 Å². The fourth-order valence-corrected chi connectivity index (χ4v) is 3.55. The molecule has 1 amide bonds. The van der Waals surface area contributed by atoms with Crippen molar-refractivity contribution in [3.05, 3.63) is 70.1 Å². The number of carbonyl (C=O) groups excluding carboxylic acids is 1. The summed E-state index contributed by atoms with van der Waals surface area (Å²) in [7, 11) is 0. The first kappa shape index (κ1) is 21.6. The van der Waals surface area contributed by atoms with E-state index in [4.69, 9.17) is 4.99 Å². The van der Waals surface area contributed by atoms with E-state index < -0.39 is 0 Å². The van der Waals surface area contributed by atoms with E-state index in [0.717, 1.165) is 43.1 Å². The summed E-state index contributed by atoms with van der Waals surface area (Å²) in [5.74, 6) is 0.979. The Balaban J connectivity index is 1.57. The molecule has 30 heavy (non-hydrogen) atoms. The lowest BCUT2D eigenvalue weighted by atomic mass is 10.1. The first-order valence-corrected chi connectivity index (χ1v) is 10.6. The smallest absolute Gasteiger partial charge is 0.250 e. The second-order valence-corrected chi connectivity index (χ2v) is 7.50. The maximum Gasteiger partial charge on any atom is 0.250 e. The Morgan fingerprint density at radius 2 is 1.90 bits per heavy atom. The minimum absolute atomic E-state index is 0.00125. The van der Waals surface area contributed by atoms with Crippen molar-refractivity contribution in [2.45, 2.75) is 45.8 Å². The normalized spacial score (nSPS) is 16.5. The van der Waals surface area contributed by atoms with Crippen molar-refractivity contribution in [2.24, 2.45) is 4.99 Å². The van der Waals surface area contributed by atoms with Gasteiger partial charge in [0.1, 0.15) is 0 Å². The van der Waals surface area contributed by atoms with E-state index in [9.17, 15) is 9.59 Å². The Morgan fingerprint density at radius 1 is 1.13 bits per heavy atom. The Morgan fingerprint density at radius 3 is 2.60 bits per heavy atom. The Bertz CT molecular complexity index is 920. The minimum Gasteiger partial charge on any atom is -0.357 e. The summed E-state index contributed by atoms with van der Waals surface area (Å²) in [5.41, 5.74) is 2.18. The molecule has 160 valence electrons. The molecule has 0 spiro atoms. The lowest BCUT2D eigenvalue weighted by molar-refractivity contribution is -0.129. The van der Waals surface area contributed by atoms with Gasteiger partial charge in [-0.25, -0.2) is 4.99 Å². The monoisotopic (exact) mass is 409 g/mol. The highest BCUT2D eigenvalue weighted by molar-refractivity contribution is 5.80. The minimum atomic E-state index is -0.00125. The van der Waals surface area contributed by atoms with Crippen molar-refractivity contribution in [1.29, 1.82) is 0 Å². The van der Waals surface area contributed by atoms with Gasteiger partial charge in [-0.05, 0) is 30.5 Å². The molecule has 2 aromatic rings. The lowest BCUT2D eigenvalue weighted by Crippen LogP contribution is -2.45. The highest BCUT2D eigenvalue weighted by Crippen LogP contribution is 2.11. The number of amides is 1. The summed E-state index contributed by atoms with van der Waals surface area (Å²) in [6.07, 6.45) is 3.28. The fourth-order valence-electron chi connectivity index (χ4n) is 3.55. The van der Waals surface area contributed by atoms with E-state index >= 15 is 0 Å². The summed E-state index contributed by atoms with van der Waals surface area (Å²) < 4.78 is 1.69. The van der Waals surface area contributed by atoms with Gasteiger partial charge >= 0.3 is 0 Å². The maximum atomic E-state index is 11.9. The standard InChI is InChI=1S/C23H31N5O2/c1-3-21(29)28-14-12-20(17-28)26-23(24-4-2)25-15-18-8-10-19(11-9-18)16-27-13-6-5-7-22(27)30/h5-11,13,20H,3-4,12,14-17H2,1-2H3,(H2,24,25,26). The van der Waals surface area contributed by atoms with Crippen LogP contribution >= 0.6 is 0 Å². The molecule has 1 fully saturated rings. The number of benzene rings is 1. The summed E-state index contributed by atoms with van der Waals surface area (Å²) in [5, 5.41) is 6.74. The highest BCUT2D eigenvalue weighted by Gasteiger charge is 2.25. The van der Waals surface area contributed by atoms with Crippen molar-refractivity contribution >= 4 is 11.9 Å². The molecule has 7 nitrogen and oxygen atoms in total. The van der Waals surface area contributed by atoms with Crippen LogP contribution in [0.15, 0.2) is 58.4 Å². The molecule has 1 aromatic carbocycles. The Kier molecular flexibility index (Phi) is 7.65. The number of pyridine rings is 1. The van der Waals surface area contributed by atoms with Crippen LogP contribution in [-0.4, -0.2) is 47.0 Å². The fraction of sp³-hybridized carbons (Fsp3) is 0.435. The zero-order valence-electron chi connectivity index (χ0n) is 17.8. The first-order valence-electron chi connectivity index (χ1n) is 10.6. The molecule has 1 aliphatic rings. The predicted molar refractivity (Wildman–Crippen MR) is 119 cm³/mol. The molecule has 1 atom stereocenters. The van der Waals surface area contributed by atoms with E-state index in [0.29, 0.717) is 19.5 Å². The van der Waals surface area contributed by atoms with Crippen LogP contribution in [0.1, 0.15) is 37.8 Å². The Labute approximate surface area is 177 Å². The highest BCUT2D eigenvalue weighted by atomic mass is 16.2. The lowest BCUT2D eigenvalue weighted by Gasteiger charge is -2.18.